The van der Waals surface area contributed by atoms with Gasteiger partial charge in [0.15, 0.2) is 0 Å². The van der Waals surface area contributed by atoms with Crippen LogP contribution in [0.4, 0.5) is 4.79 Å². The Morgan fingerprint density at radius 1 is 1.09 bits per heavy atom. The lowest BCUT2D eigenvalue weighted by molar-refractivity contribution is -0.143. The van der Waals surface area contributed by atoms with Crippen LogP contribution in [-0.2, 0) is 23.9 Å². The first kappa shape index (κ1) is 26.9. The number of amides is 3. The maximum absolute atomic E-state index is 13.1. The van der Waals surface area contributed by atoms with Crippen LogP contribution in [0.25, 0.3) is 0 Å². The van der Waals surface area contributed by atoms with Crippen molar-refractivity contribution in [3.8, 4) is 0 Å². The van der Waals surface area contributed by atoms with E-state index >= 15 is 0 Å². The minimum absolute atomic E-state index is 0.301. The van der Waals surface area contributed by atoms with Crippen LogP contribution in [0.5, 0.6) is 0 Å². The molecular formula is C23H35N3O6. The number of benzene rings is 1. The number of nitrogens with zero attached hydrogens (tertiary/aromatic N) is 1. The van der Waals surface area contributed by atoms with E-state index < -0.39 is 35.5 Å². The number of rotatable bonds is 10. The average Bonchev–Trinajstić information content (AvgIpc) is 2.71. The standard InChI is InChI=1S/C23H35N3O6/c1-7-8-12-26(18(27)14-25-22(30)32-23(3,4)5)20(17-11-9-10-16(2)13-17)21(29)24-15-19(28)31-6/h9-11,13,20H,7-8,12,14-15H2,1-6H3,(H,24,29)(H,25,30). The van der Waals surface area contributed by atoms with E-state index in [-0.39, 0.29) is 13.1 Å². The normalized spacial score (nSPS) is 11.8. The zero-order valence-corrected chi connectivity index (χ0v) is 19.8. The molecule has 9 nitrogen and oxygen atoms in total. The molecule has 0 bridgehead atoms. The number of carbonyl (C=O) groups is 4. The van der Waals surface area contributed by atoms with E-state index in [0.717, 1.165) is 12.0 Å². The van der Waals surface area contributed by atoms with Gasteiger partial charge in [-0.2, -0.15) is 0 Å². The number of hydrogen-bond donors (Lipinski definition) is 2. The van der Waals surface area contributed by atoms with Crippen LogP contribution < -0.4 is 10.6 Å². The van der Waals surface area contributed by atoms with Gasteiger partial charge in [-0.15, -0.1) is 0 Å². The predicted molar refractivity (Wildman–Crippen MR) is 120 cm³/mol. The van der Waals surface area contributed by atoms with Crippen LogP contribution in [0, 0.1) is 6.92 Å². The smallest absolute Gasteiger partial charge is 0.408 e. The molecule has 3 amide bonds. The molecule has 32 heavy (non-hydrogen) atoms. The first-order valence-corrected chi connectivity index (χ1v) is 10.7. The molecule has 0 saturated heterocycles. The Hall–Kier alpha value is -3.10. The van der Waals surface area contributed by atoms with Crippen LogP contribution in [0.1, 0.15) is 57.7 Å². The summed E-state index contributed by atoms with van der Waals surface area (Å²) in [6, 6.07) is 6.28. The average molecular weight is 450 g/mol. The van der Waals surface area contributed by atoms with Gasteiger partial charge in [0, 0.05) is 6.54 Å². The monoisotopic (exact) mass is 449 g/mol. The fourth-order valence-electron chi connectivity index (χ4n) is 2.93. The van der Waals surface area contributed by atoms with Crippen LogP contribution in [0.2, 0.25) is 0 Å². The molecule has 1 atom stereocenters. The molecule has 178 valence electrons. The molecule has 0 radical (unpaired) electrons. The molecule has 0 spiro atoms. The Labute approximate surface area is 189 Å². The number of hydrogen-bond acceptors (Lipinski definition) is 6. The van der Waals surface area contributed by atoms with E-state index in [9.17, 15) is 19.2 Å². The third kappa shape index (κ3) is 9.36. The Morgan fingerprint density at radius 2 is 1.78 bits per heavy atom. The van der Waals surface area contributed by atoms with Gasteiger partial charge in [-0.05, 0) is 39.7 Å². The van der Waals surface area contributed by atoms with Gasteiger partial charge in [-0.25, -0.2) is 4.79 Å². The molecular weight excluding hydrogens is 414 g/mol. The topological polar surface area (TPSA) is 114 Å². The van der Waals surface area contributed by atoms with Crippen molar-refractivity contribution in [3.05, 3.63) is 35.4 Å². The lowest BCUT2D eigenvalue weighted by atomic mass is 10.0. The molecule has 1 unspecified atom stereocenters. The number of methoxy groups -OCH3 is 1. The maximum Gasteiger partial charge on any atom is 0.408 e. The summed E-state index contributed by atoms with van der Waals surface area (Å²) >= 11 is 0. The molecule has 0 saturated carbocycles. The van der Waals surface area contributed by atoms with E-state index in [4.69, 9.17) is 4.74 Å². The van der Waals surface area contributed by atoms with Crippen LogP contribution in [0.15, 0.2) is 24.3 Å². The van der Waals surface area contributed by atoms with Gasteiger partial charge in [0.1, 0.15) is 24.7 Å². The van der Waals surface area contributed by atoms with E-state index in [0.29, 0.717) is 18.5 Å². The molecule has 0 aliphatic carbocycles. The van der Waals surface area contributed by atoms with Gasteiger partial charge >= 0.3 is 12.1 Å². The molecule has 0 aliphatic heterocycles. The number of esters is 1. The van der Waals surface area contributed by atoms with Gasteiger partial charge in [0.25, 0.3) is 0 Å². The molecule has 0 heterocycles. The second-order valence-corrected chi connectivity index (χ2v) is 8.41. The number of aryl methyl sites for hydroxylation is 1. The summed E-state index contributed by atoms with van der Waals surface area (Å²) in [6.45, 7) is 8.68. The molecule has 0 aliphatic rings. The zero-order chi connectivity index (χ0) is 24.3. The lowest BCUT2D eigenvalue weighted by Crippen LogP contribution is -2.48. The summed E-state index contributed by atoms with van der Waals surface area (Å²) in [6.07, 6.45) is 0.738. The summed E-state index contributed by atoms with van der Waals surface area (Å²) in [4.78, 5) is 51.1. The van der Waals surface area contributed by atoms with Crippen molar-refractivity contribution in [1.29, 1.82) is 0 Å². The zero-order valence-electron chi connectivity index (χ0n) is 19.8. The molecule has 0 aromatic heterocycles. The highest BCUT2D eigenvalue weighted by Crippen LogP contribution is 2.23. The molecule has 9 heteroatoms. The van der Waals surface area contributed by atoms with Crippen molar-refractivity contribution >= 4 is 23.9 Å². The van der Waals surface area contributed by atoms with Crippen molar-refractivity contribution in [1.82, 2.24) is 15.5 Å². The first-order chi connectivity index (χ1) is 15.0. The van der Waals surface area contributed by atoms with E-state index in [2.05, 4.69) is 15.4 Å². The van der Waals surface area contributed by atoms with Crippen molar-refractivity contribution in [3.63, 3.8) is 0 Å². The summed E-state index contributed by atoms with van der Waals surface area (Å²) in [7, 11) is 1.23. The molecule has 1 rings (SSSR count). The van der Waals surface area contributed by atoms with Gasteiger partial charge in [0.2, 0.25) is 11.8 Å². The number of nitrogens with one attached hydrogen (secondary N) is 2. The fraction of sp³-hybridized carbons (Fsp3) is 0.565. The minimum atomic E-state index is -0.973. The highest BCUT2D eigenvalue weighted by molar-refractivity contribution is 5.91. The van der Waals surface area contributed by atoms with Crippen LogP contribution in [0.3, 0.4) is 0 Å². The molecule has 0 fully saturated rings. The molecule has 1 aromatic carbocycles. The Balaban J connectivity index is 3.15. The molecule has 2 N–H and O–H groups in total. The van der Waals surface area contributed by atoms with Gasteiger partial charge in [-0.1, -0.05) is 43.2 Å². The quantitative estimate of drug-likeness (QED) is 0.531. The van der Waals surface area contributed by atoms with E-state index in [1.54, 1.807) is 32.9 Å². The first-order valence-electron chi connectivity index (χ1n) is 10.7. The Kier molecular flexibility index (Phi) is 10.7. The summed E-state index contributed by atoms with van der Waals surface area (Å²) in [5, 5.41) is 4.99. The summed E-state index contributed by atoms with van der Waals surface area (Å²) in [5.74, 6) is -1.55. The van der Waals surface area contributed by atoms with Crippen LogP contribution in [-0.4, -0.2) is 61.1 Å². The van der Waals surface area contributed by atoms with Crippen molar-refractivity contribution in [2.75, 3.05) is 26.7 Å². The second kappa shape index (κ2) is 12.7. The number of alkyl carbamates (subject to hydrolysis) is 1. The predicted octanol–water partition coefficient (Wildman–Crippen LogP) is 2.48. The lowest BCUT2D eigenvalue weighted by Gasteiger charge is -2.31. The molecule has 1 aromatic rings. The van der Waals surface area contributed by atoms with Gasteiger partial charge in [-0.3, -0.25) is 14.4 Å². The van der Waals surface area contributed by atoms with E-state index in [1.807, 2.05) is 26.0 Å². The summed E-state index contributed by atoms with van der Waals surface area (Å²) in [5.41, 5.74) is 0.824. The SMILES string of the molecule is CCCCN(C(=O)CNC(=O)OC(C)(C)C)C(C(=O)NCC(=O)OC)c1cccc(C)c1. The number of carbonyl (C=O) groups excluding carboxylic acids is 4. The third-order valence-electron chi connectivity index (χ3n) is 4.41. The minimum Gasteiger partial charge on any atom is -0.468 e. The maximum atomic E-state index is 13.1. The highest BCUT2D eigenvalue weighted by atomic mass is 16.6. The highest BCUT2D eigenvalue weighted by Gasteiger charge is 2.31. The number of unbranched alkanes of at least 4 members (excludes halogenated alkanes) is 1. The van der Waals surface area contributed by atoms with Crippen molar-refractivity contribution < 1.29 is 28.7 Å². The van der Waals surface area contributed by atoms with Gasteiger partial charge < -0.3 is 25.0 Å². The van der Waals surface area contributed by atoms with Crippen molar-refractivity contribution in [2.24, 2.45) is 0 Å². The Bertz CT molecular complexity index is 803. The van der Waals surface area contributed by atoms with Crippen LogP contribution >= 0.6 is 0 Å². The Morgan fingerprint density at radius 3 is 2.34 bits per heavy atom. The number of ether oxygens (including phenoxy) is 2. The largest absolute Gasteiger partial charge is 0.468 e. The van der Waals surface area contributed by atoms with Crippen molar-refractivity contribution in [2.45, 2.75) is 59.1 Å². The summed E-state index contributed by atoms with van der Waals surface area (Å²) < 4.78 is 9.77. The third-order valence-corrected chi connectivity index (χ3v) is 4.41. The van der Waals surface area contributed by atoms with Gasteiger partial charge in [0.05, 0.1) is 7.11 Å². The van der Waals surface area contributed by atoms with E-state index in [1.165, 1.54) is 12.0 Å². The second-order valence-electron chi connectivity index (χ2n) is 8.41. The fourth-order valence-corrected chi connectivity index (χ4v) is 2.93.